The molecule has 2 aromatic heterocycles. The van der Waals surface area contributed by atoms with Crippen LogP contribution in [0.1, 0.15) is 79.6 Å². The van der Waals surface area contributed by atoms with Crippen molar-refractivity contribution in [2.45, 2.75) is 53.8 Å². The average Bonchev–Trinajstić information content (AvgIpc) is 3.45. The van der Waals surface area contributed by atoms with Gasteiger partial charge in [0.05, 0.1) is 0 Å². The number of hydrogen-bond acceptors (Lipinski definition) is 4. The molecular weight excluding hydrogens is 476 g/mol. The normalized spacial score (nSPS) is 11.2. The van der Waals surface area contributed by atoms with E-state index in [1.807, 2.05) is 86.7 Å². The van der Waals surface area contributed by atoms with Gasteiger partial charge in [0.15, 0.2) is 0 Å². The molecular formula is C32H34N2O4. The van der Waals surface area contributed by atoms with Crippen LogP contribution in [-0.4, -0.2) is 21.9 Å². The molecule has 0 bridgehead atoms. The topological polar surface area (TPSA) is 84.2 Å². The second kappa shape index (κ2) is 12.3. The first-order chi connectivity index (χ1) is 18.4. The Labute approximate surface area is 223 Å². The summed E-state index contributed by atoms with van der Waals surface area (Å²) in [4.78, 5) is 32.2. The number of aromatic nitrogens is 2. The Morgan fingerprint density at radius 1 is 0.658 bits per heavy atom. The lowest BCUT2D eigenvalue weighted by atomic mass is 10.1. The van der Waals surface area contributed by atoms with E-state index in [4.69, 9.17) is 9.47 Å². The van der Waals surface area contributed by atoms with Crippen molar-refractivity contribution in [2.24, 2.45) is 0 Å². The van der Waals surface area contributed by atoms with Crippen molar-refractivity contribution in [1.29, 1.82) is 0 Å². The van der Waals surface area contributed by atoms with Crippen molar-refractivity contribution in [2.75, 3.05) is 0 Å². The Morgan fingerprint density at radius 2 is 1.03 bits per heavy atom. The lowest BCUT2D eigenvalue weighted by Gasteiger charge is -2.04. The fraction of sp³-hybridized carbons (Fsp3) is 0.250. The summed E-state index contributed by atoms with van der Waals surface area (Å²) in [6.45, 7) is 8.42. The third-order valence-corrected chi connectivity index (χ3v) is 6.78. The van der Waals surface area contributed by atoms with Gasteiger partial charge in [-0.3, -0.25) is 0 Å². The van der Waals surface area contributed by atoms with Gasteiger partial charge in [0, 0.05) is 11.4 Å². The Morgan fingerprint density at radius 3 is 1.37 bits per heavy atom. The number of rotatable bonds is 10. The van der Waals surface area contributed by atoms with Crippen molar-refractivity contribution in [1.82, 2.24) is 9.97 Å². The maximum Gasteiger partial charge on any atom is 0.355 e. The summed E-state index contributed by atoms with van der Waals surface area (Å²) in [6, 6.07) is 19.2. The van der Waals surface area contributed by atoms with Crippen molar-refractivity contribution < 1.29 is 19.1 Å². The third kappa shape index (κ3) is 5.97. The molecule has 2 aromatic carbocycles. The first-order valence-corrected chi connectivity index (χ1v) is 13.0. The van der Waals surface area contributed by atoms with Gasteiger partial charge in [-0.25, -0.2) is 9.59 Å². The van der Waals surface area contributed by atoms with Crippen LogP contribution in [0.2, 0.25) is 0 Å². The monoisotopic (exact) mass is 510 g/mol. The minimum atomic E-state index is -0.380. The highest BCUT2D eigenvalue weighted by molar-refractivity contribution is 5.92. The predicted molar refractivity (Wildman–Crippen MR) is 150 cm³/mol. The number of ether oxygens (including phenoxy) is 2. The van der Waals surface area contributed by atoms with Crippen molar-refractivity contribution in [3.05, 3.63) is 117 Å². The molecule has 0 saturated heterocycles. The Kier molecular flexibility index (Phi) is 8.64. The van der Waals surface area contributed by atoms with Gasteiger partial charge in [-0.2, -0.15) is 0 Å². The minimum absolute atomic E-state index is 0.218. The number of carbonyl (C=O) groups excluding carboxylic acids is 2. The maximum atomic E-state index is 12.8. The van der Waals surface area contributed by atoms with Gasteiger partial charge in [-0.15, -0.1) is 0 Å². The molecule has 2 heterocycles. The van der Waals surface area contributed by atoms with Crippen LogP contribution in [0.5, 0.6) is 0 Å². The highest BCUT2D eigenvalue weighted by Crippen LogP contribution is 2.25. The van der Waals surface area contributed by atoms with E-state index in [-0.39, 0.29) is 25.2 Å². The molecule has 0 aliphatic rings. The van der Waals surface area contributed by atoms with Crippen molar-refractivity contribution in [3.8, 4) is 0 Å². The zero-order valence-electron chi connectivity index (χ0n) is 22.4. The Hall–Kier alpha value is -4.32. The third-order valence-electron chi connectivity index (χ3n) is 6.78. The molecule has 196 valence electrons. The van der Waals surface area contributed by atoms with E-state index in [0.29, 0.717) is 11.4 Å². The van der Waals surface area contributed by atoms with Gasteiger partial charge in [-0.1, -0.05) is 74.5 Å². The quantitative estimate of drug-likeness (QED) is 0.226. The van der Waals surface area contributed by atoms with Crippen LogP contribution in [0.25, 0.3) is 12.2 Å². The van der Waals surface area contributed by atoms with Gasteiger partial charge < -0.3 is 19.4 Å². The smallest absolute Gasteiger partial charge is 0.355 e. The molecule has 6 heteroatoms. The number of esters is 2. The van der Waals surface area contributed by atoms with Crippen LogP contribution in [0, 0.1) is 13.8 Å². The number of nitrogens with one attached hydrogen (secondary N) is 2. The number of aromatic amines is 2. The van der Waals surface area contributed by atoms with Crippen molar-refractivity contribution >= 4 is 24.1 Å². The van der Waals surface area contributed by atoms with Gasteiger partial charge >= 0.3 is 11.9 Å². The van der Waals surface area contributed by atoms with Crippen LogP contribution in [0.4, 0.5) is 0 Å². The summed E-state index contributed by atoms with van der Waals surface area (Å²) >= 11 is 0. The SMILES string of the molecule is CCc1c(/C=C\c2[nH]c(C(=O)OCc3ccccc3)c(C)c2CC)[nH]c(C(=O)OCc2ccccc2)c1C. The molecule has 6 nitrogen and oxygen atoms in total. The van der Waals surface area contributed by atoms with Gasteiger partial charge in [-0.05, 0) is 72.2 Å². The summed E-state index contributed by atoms with van der Waals surface area (Å²) < 4.78 is 11.1. The fourth-order valence-electron chi connectivity index (χ4n) is 4.67. The molecule has 4 aromatic rings. The van der Waals surface area contributed by atoms with E-state index in [1.54, 1.807) is 0 Å². The maximum absolute atomic E-state index is 12.8. The second-order valence-electron chi connectivity index (χ2n) is 9.20. The molecule has 0 atom stereocenters. The molecule has 2 N–H and O–H groups in total. The average molecular weight is 511 g/mol. The number of hydrogen-bond donors (Lipinski definition) is 2. The first kappa shape index (κ1) is 26.7. The predicted octanol–water partition coefficient (Wildman–Crippen LogP) is 6.97. The first-order valence-electron chi connectivity index (χ1n) is 13.0. The highest BCUT2D eigenvalue weighted by atomic mass is 16.5. The molecule has 4 rings (SSSR count). The summed E-state index contributed by atoms with van der Waals surface area (Å²) in [5.74, 6) is -0.761. The Bertz CT molecular complexity index is 1320. The van der Waals surface area contributed by atoms with Crippen LogP contribution in [0.15, 0.2) is 60.7 Å². The minimum Gasteiger partial charge on any atom is -0.456 e. The molecule has 0 radical (unpaired) electrons. The van der Waals surface area contributed by atoms with Gasteiger partial charge in [0.1, 0.15) is 24.6 Å². The zero-order valence-corrected chi connectivity index (χ0v) is 22.4. The van der Waals surface area contributed by atoms with Crippen molar-refractivity contribution in [3.63, 3.8) is 0 Å². The van der Waals surface area contributed by atoms with E-state index >= 15 is 0 Å². The van der Waals surface area contributed by atoms with Crippen LogP contribution >= 0.6 is 0 Å². The molecule has 0 amide bonds. The lowest BCUT2D eigenvalue weighted by Crippen LogP contribution is -2.07. The molecule has 0 aliphatic heterocycles. The number of H-pyrrole nitrogens is 2. The second-order valence-corrected chi connectivity index (χ2v) is 9.20. The van der Waals surface area contributed by atoms with Crippen LogP contribution < -0.4 is 0 Å². The molecule has 0 fully saturated rings. The zero-order chi connectivity index (χ0) is 27.1. The van der Waals surface area contributed by atoms with E-state index in [1.165, 1.54) is 0 Å². The molecule has 0 unspecified atom stereocenters. The standard InChI is InChI=1S/C32H34N2O4/c1-5-25-21(3)29(31(35)37-19-23-13-9-7-10-14-23)33-27(25)17-18-28-26(6-2)22(4)30(34-28)32(36)38-20-24-15-11-8-12-16-24/h7-18,33-34H,5-6,19-20H2,1-4H3/b18-17-. The summed E-state index contributed by atoms with van der Waals surface area (Å²) in [6.07, 6.45) is 5.41. The molecule has 0 spiro atoms. The lowest BCUT2D eigenvalue weighted by molar-refractivity contribution is 0.0457. The largest absolute Gasteiger partial charge is 0.456 e. The van der Waals surface area contributed by atoms with E-state index in [9.17, 15) is 9.59 Å². The molecule has 0 saturated carbocycles. The van der Waals surface area contributed by atoms with Crippen LogP contribution in [0.3, 0.4) is 0 Å². The summed E-state index contributed by atoms with van der Waals surface area (Å²) in [5, 5.41) is 0. The van der Waals surface area contributed by atoms with Crippen LogP contribution in [-0.2, 0) is 35.5 Å². The van der Waals surface area contributed by atoms with Gasteiger partial charge in [0.2, 0.25) is 0 Å². The molecule has 0 aliphatic carbocycles. The summed E-state index contributed by atoms with van der Waals surface area (Å²) in [7, 11) is 0. The van der Waals surface area contributed by atoms with E-state index in [0.717, 1.165) is 57.6 Å². The van der Waals surface area contributed by atoms with E-state index in [2.05, 4.69) is 23.8 Å². The summed E-state index contributed by atoms with van der Waals surface area (Å²) in [5.41, 5.74) is 8.36. The Balaban J connectivity index is 1.53. The van der Waals surface area contributed by atoms with Gasteiger partial charge in [0.25, 0.3) is 0 Å². The number of carbonyl (C=O) groups is 2. The van der Waals surface area contributed by atoms with E-state index < -0.39 is 0 Å². The highest BCUT2D eigenvalue weighted by Gasteiger charge is 2.20. The molecule has 38 heavy (non-hydrogen) atoms. The fourth-order valence-corrected chi connectivity index (χ4v) is 4.67. The number of benzene rings is 2.